The van der Waals surface area contributed by atoms with E-state index >= 15 is 0 Å². The Kier molecular flexibility index (Phi) is 19.3. The second-order valence-corrected chi connectivity index (χ2v) is 18.0. The number of fused-ring (bicyclic) bond motifs is 1. The van der Waals surface area contributed by atoms with Crippen LogP contribution in [0.3, 0.4) is 0 Å². The predicted octanol–water partition coefficient (Wildman–Crippen LogP) is 5.27. The normalized spacial score (nSPS) is 16.9. The minimum atomic E-state index is -0.726. The van der Waals surface area contributed by atoms with Crippen LogP contribution in [0, 0.1) is 5.41 Å². The lowest BCUT2D eigenvalue weighted by atomic mass is 9.86. The number of anilines is 2. The number of imide groups is 1. The molecule has 72 heavy (non-hydrogen) atoms. The number of pyridine rings is 1. The molecular formula is C53H66N10O9. The Balaban J connectivity index is 0.698. The Hall–Kier alpha value is -7.06. The molecule has 0 saturated carbocycles. The molecule has 3 aliphatic rings. The van der Waals surface area contributed by atoms with Gasteiger partial charge in [0.15, 0.2) is 5.84 Å². The van der Waals surface area contributed by atoms with Gasteiger partial charge in [-0.15, -0.1) is 0 Å². The number of carbonyl (C=O) groups is 5. The highest BCUT2D eigenvalue weighted by molar-refractivity contribution is 6.08. The fourth-order valence-corrected chi connectivity index (χ4v) is 8.80. The molecule has 5 amide bonds. The van der Waals surface area contributed by atoms with Gasteiger partial charge in [-0.3, -0.25) is 39.7 Å². The van der Waals surface area contributed by atoms with Gasteiger partial charge in [0.05, 0.1) is 57.6 Å². The number of unbranched alkanes of at least 4 members (excludes halogenated alkanes) is 3. The minimum absolute atomic E-state index is 0.0637. The number of nitrogens with one attached hydrogen (secondary N) is 6. The van der Waals surface area contributed by atoms with Crippen LogP contribution in [0.25, 0.3) is 0 Å². The van der Waals surface area contributed by atoms with Gasteiger partial charge in [-0.1, -0.05) is 30.7 Å². The van der Waals surface area contributed by atoms with E-state index in [9.17, 15) is 24.0 Å². The van der Waals surface area contributed by atoms with E-state index in [0.717, 1.165) is 55.8 Å². The van der Waals surface area contributed by atoms with Crippen LogP contribution in [0.1, 0.15) is 108 Å². The SMILES string of the molecule is C[C@@H](NC(=O)c1cccc(NC2(C(N)=NC(=N)c3ccncc3)CCNCC2)c1)c1ccc(OCCCCCCOCCOCCOCCC(=O)Nc2cccc3c2CN(C2CCC(=O)NC2=O)C3=O)cc1. The van der Waals surface area contributed by atoms with Gasteiger partial charge < -0.3 is 50.8 Å². The lowest BCUT2D eigenvalue weighted by Gasteiger charge is -2.38. The molecule has 0 spiro atoms. The fourth-order valence-electron chi connectivity index (χ4n) is 8.80. The van der Waals surface area contributed by atoms with Crippen molar-refractivity contribution in [2.24, 2.45) is 10.7 Å². The molecule has 1 unspecified atom stereocenters. The number of hydrogen-bond donors (Lipinski definition) is 7. The number of nitrogens with two attached hydrogens (primary N) is 1. The summed E-state index contributed by atoms with van der Waals surface area (Å²) in [5.74, 6) is -0.427. The average molecular weight is 987 g/mol. The molecule has 3 aromatic carbocycles. The molecule has 1 aromatic heterocycles. The topological polar surface area (TPSA) is 261 Å². The van der Waals surface area contributed by atoms with Crippen molar-refractivity contribution in [3.05, 3.63) is 119 Å². The first kappa shape index (κ1) is 52.8. The first-order valence-corrected chi connectivity index (χ1v) is 24.8. The van der Waals surface area contributed by atoms with Gasteiger partial charge in [0.25, 0.3) is 11.8 Å². The zero-order valence-corrected chi connectivity index (χ0v) is 40.8. The third-order valence-electron chi connectivity index (χ3n) is 12.9. The molecule has 19 nitrogen and oxygen atoms in total. The number of aromatic nitrogens is 1. The van der Waals surface area contributed by atoms with Gasteiger partial charge in [0.1, 0.15) is 17.6 Å². The van der Waals surface area contributed by atoms with E-state index in [1.54, 1.807) is 48.8 Å². The number of amides is 5. The summed E-state index contributed by atoms with van der Waals surface area (Å²) in [5, 5.41) is 23.7. The maximum Gasteiger partial charge on any atom is 0.255 e. The van der Waals surface area contributed by atoms with Crippen LogP contribution in [-0.2, 0) is 35.1 Å². The highest BCUT2D eigenvalue weighted by atomic mass is 16.5. The van der Waals surface area contributed by atoms with Gasteiger partial charge in [0, 0.05) is 65.6 Å². The van der Waals surface area contributed by atoms with Crippen molar-refractivity contribution in [3.8, 4) is 5.75 Å². The van der Waals surface area contributed by atoms with E-state index in [0.29, 0.717) is 86.3 Å². The summed E-state index contributed by atoms with van der Waals surface area (Å²) in [6.45, 7) is 6.65. The second-order valence-electron chi connectivity index (χ2n) is 18.0. The number of piperidine rings is 2. The quantitative estimate of drug-likeness (QED) is 0.0183. The Morgan fingerprint density at radius 3 is 2.29 bits per heavy atom. The van der Waals surface area contributed by atoms with Gasteiger partial charge >= 0.3 is 0 Å². The Bertz CT molecular complexity index is 2540. The zero-order valence-electron chi connectivity index (χ0n) is 40.8. The van der Waals surface area contributed by atoms with Crippen molar-refractivity contribution in [2.45, 2.75) is 88.9 Å². The van der Waals surface area contributed by atoms with E-state index in [1.807, 2.05) is 49.4 Å². The van der Waals surface area contributed by atoms with Crippen molar-refractivity contribution < 1.29 is 42.9 Å². The van der Waals surface area contributed by atoms with Crippen LogP contribution in [0.15, 0.2) is 96.2 Å². The van der Waals surface area contributed by atoms with Crippen LogP contribution < -0.4 is 37.1 Å². The highest BCUT2D eigenvalue weighted by Crippen LogP contribution is 2.33. The molecule has 2 atom stereocenters. The molecule has 2 fully saturated rings. The summed E-state index contributed by atoms with van der Waals surface area (Å²) in [6.07, 6.45) is 9.01. The Morgan fingerprint density at radius 2 is 1.56 bits per heavy atom. The van der Waals surface area contributed by atoms with Crippen LogP contribution in [0.2, 0.25) is 0 Å². The van der Waals surface area contributed by atoms with Crippen molar-refractivity contribution in [3.63, 3.8) is 0 Å². The monoisotopic (exact) mass is 987 g/mol. The van der Waals surface area contributed by atoms with E-state index in [1.165, 1.54) is 4.90 Å². The van der Waals surface area contributed by atoms with Crippen molar-refractivity contribution in [1.29, 1.82) is 5.41 Å². The van der Waals surface area contributed by atoms with Crippen molar-refractivity contribution in [1.82, 2.24) is 25.8 Å². The summed E-state index contributed by atoms with van der Waals surface area (Å²) in [7, 11) is 0. The molecule has 0 aliphatic carbocycles. The number of rotatable bonds is 26. The Labute approximate surface area is 419 Å². The predicted molar refractivity (Wildman–Crippen MR) is 272 cm³/mol. The van der Waals surface area contributed by atoms with Crippen LogP contribution in [0.4, 0.5) is 11.4 Å². The van der Waals surface area contributed by atoms with Crippen molar-refractivity contribution in [2.75, 3.05) is 70.0 Å². The van der Waals surface area contributed by atoms with Gasteiger partial charge in [0.2, 0.25) is 17.7 Å². The smallest absolute Gasteiger partial charge is 0.255 e. The molecular weight excluding hydrogens is 921 g/mol. The summed E-state index contributed by atoms with van der Waals surface area (Å²) in [5.41, 5.74) is 10.3. The summed E-state index contributed by atoms with van der Waals surface area (Å²) in [6, 6.07) is 22.7. The minimum Gasteiger partial charge on any atom is -0.494 e. The number of nitrogens with zero attached hydrogens (tertiary/aromatic N) is 3. The molecule has 0 bridgehead atoms. The Morgan fingerprint density at radius 1 is 0.861 bits per heavy atom. The number of hydrogen-bond acceptors (Lipinski definition) is 13. The molecule has 8 N–H and O–H groups in total. The number of benzene rings is 3. The third-order valence-corrected chi connectivity index (χ3v) is 12.9. The average Bonchev–Trinajstić information content (AvgIpc) is 3.72. The molecule has 19 heteroatoms. The summed E-state index contributed by atoms with van der Waals surface area (Å²) in [4.78, 5) is 73.1. The number of ether oxygens (including phenoxy) is 4. The highest BCUT2D eigenvalue weighted by Gasteiger charge is 2.40. The molecule has 4 heterocycles. The molecule has 3 aliphatic heterocycles. The van der Waals surface area contributed by atoms with Crippen LogP contribution >= 0.6 is 0 Å². The maximum atomic E-state index is 13.4. The summed E-state index contributed by atoms with van der Waals surface area (Å²) >= 11 is 0. The van der Waals surface area contributed by atoms with E-state index in [-0.39, 0.29) is 67.9 Å². The molecule has 0 radical (unpaired) electrons. The molecule has 7 rings (SSSR count). The van der Waals surface area contributed by atoms with Gasteiger partial charge in [-0.25, -0.2) is 4.99 Å². The van der Waals surface area contributed by atoms with Crippen LogP contribution in [0.5, 0.6) is 5.75 Å². The zero-order chi connectivity index (χ0) is 50.7. The van der Waals surface area contributed by atoms with E-state index < -0.39 is 17.5 Å². The lowest BCUT2D eigenvalue weighted by Crippen LogP contribution is -2.56. The van der Waals surface area contributed by atoms with Gasteiger partial charge in [-0.2, -0.15) is 0 Å². The lowest BCUT2D eigenvalue weighted by molar-refractivity contribution is -0.137. The largest absolute Gasteiger partial charge is 0.494 e. The number of aliphatic imine (C=N–C) groups is 1. The molecule has 382 valence electrons. The third kappa shape index (κ3) is 14.8. The second kappa shape index (κ2) is 26.4. The fraction of sp³-hybridized carbons (Fsp3) is 0.434. The number of amidine groups is 2. The van der Waals surface area contributed by atoms with E-state index in [2.05, 4.69) is 36.6 Å². The first-order valence-electron chi connectivity index (χ1n) is 24.8. The van der Waals surface area contributed by atoms with Crippen LogP contribution in [-0.4, -0.2) is 122 Å². The number of carbonyl (C=O) groups excluding carboxylic acids is 5. The van der Waals surface area contributed by atoms with E-state index in [4.69, 9.17) is 30.1 Å². The van der Waals surface area contributed by atoms with Crippen molar-refractivity contribution >= 4 is 52.6 Å². The molecule has 2 saturated heterocycles. The molecule has 4 aromatic rings. The van der Waals surface area contributed by atoms with Gasteiger partial charge in [-0.05, 0) is 119 Å². The first-order chi connectivity index (χ1) is 35.0. The summed E-state index contributed by atoms with van der Waals surface area (Å²) < 4.78 is 22.9. The standard InChI is InChI=1S/C53H66N10O9/c1-36(58-49(66)39-8-6-9-40(34-39)62-53(21-25-57-26-22-53)52(55)61-48(54)38-18-23-56-24-19-38)37-12-14-41(15-13-37)72-28-5-3-2-4-27-69-30-32-71-33-31-70-29-20-47(65)59-44-11-7-10-42-43(44)35-63(51(42)68)45-16-17-46(64)60-50(45)67/h6-15,18-19,23-24,34,36,45,57,62H,2-5,16-17,20-22,25-33,35H2,1H3,(H,58,66)(H,59,65)(H3,54,55,61)(H,60,64,67)/t36-,45?/m1/s1. The maximum absolute atomic E-state index is 13.4.